The molecule has 1 N–H and O–H groups in total. The van der Waals surface area contributed by atoms with Crippen molar-refractivity contribution < 1.29 is 14.6 Å². The Balaban J connectivity index is 0. The minimum absolute atomic E-state index is 0.120. The third kappa shape index (κ3) is 25.4. The minimum Gasteiger partial charge on any atom is -0.467 e. The standard InChI is InChI=1S/C3H6O3.C3H9Si/c1-6-3(5)2-4;1-4(2)3/h4H,2H2,1H3;1-3H3. The molecule has 0 unspecified atom stereocenters. The molecule has 0 aromatic carbocycles. The van der Waals surface area contributed by atoms with Crippen LogP contribution >= 0.6 is 0 Å². The molecule has 0 bridgehead atoms. The first-order valence-corrected chi connectivity index (χ1v) is 5.99. The predicted octanol–water partition coefficient (Wildman–Crippen LogP) is 0.522. The smallest absolute Gasteiger partial charge is 0.331 e. The Morgan fingerprint density at radius 2 is 1.80 bits per heavy atom. The van der Waals surface area contributed by atoms with Gasteiger partial charge in [-0.25, -0.2) is 4.79 Å². The van der Waals surface area contributed by atoms with Gasteiger partial charge in [-0.2, -0.15) is 0 Å². The number of hydrogen-bond donors (Lipinski definition) is 1. The Labute approximate surface area is 63.6 Å². The SMILES string of the molecule is COC(=O)CO.C[Si](C)C. The molecule has 0 amide bonds. The number of aliphatic hydroxyl groups excluding tert-OH is 1. The molecule has 0 aromatic heterocycles. The normalized spacial score (nSPS) is 8.20. The molecule has 0 spiro atoms. The average Bonchev–Trinajstić information content (AvgIpc) is 1.85. The topological polar surface area (TPSA) is 46.5 Å². The molecule has 61 valence electrons. The number of hydrogen-bond acceptors (Lipinski definition) is 3. The van der Waals surface area contributed by atoms with Crippen LogP contribution in [-0.4, -0.2) is 33.6 Å². The lowest BCUT2D eigenvalue weighted by Crippen LogP contribution is -2.04. The summed E-state index contributed by atoms with van der Waals surface area (Å²) in [4.78, 5) is 9.71. The number of ether oxygens (including phenoxy) is 1. The monoisotopic (exact) mass is 163 g/mol. The van der Waals surface area contributed by atoms with Gasteiger partial charge >= 0.3 is 5.97 Å². The van der Waals surface area contributed by atoms with Gasteiger partial charge in [0.25, 0.3) is 0 Å². The van der Waals surface area contributed by atoms with Crippen molar-refractivity contribution in [2.24, 2.45) is 0 Å². The fraction of sp³-hybridized carbons (Fsp3) is 0.833. The van der Waals surface area contributed by atoms with E-state index in [1.807, 2.05) is 0 Å². The lowest BCUT2D eigenvalue weighted by atomic mass is 10.8. The Morgan fingerprint density at radius 3 is 1.80 bits per heavy atom. The van der Waals surface area contributed by atoms with E-state index in [2.05, 4.69) is 24.4 Å². The van der Waals surface area contributed by atoms with Crippen LogP contribution in [0, 0.1) is 0 Å². The number of rotatable bonds is 1. The molecule has 0 aliphatic heterocycles. The Hall–Kier alpha value is -0.353. The molecule has 0 fully saturated rings. The van der Waals surface area contributed by atoms with Gasteiger partial charge in [0, 0.05) is 8.80 Å². The van der Waals surface area contributed by atoms with Crippen LogP contribution in [0.15, 0.2) is 0 Å². The predicted molar refractivity (Wildman–Crippen MR) is 42.4 cm³/mol. The molecule has 10 heavy (non-hydrogen) atoms. The van der Waals surface area contributed by atoms with Crippen molar-refractivity contribution in [1.82, 2.24) is 0 Å². The van der Waals surface area contributed by atoms with Crippen LogP contribution in [0.4, 0.5) is 0 Å². The second kappa shape index (κ2) is 8.65. The highest BCUT2D eigenvalue weighted by molar-refractivity contribution is 6.54. The summed E-state index contributed by atoms with van der Waals surface area (Å²) in [5.74, 6) is -0.602. The molecule has 0 rings (SSSR count). The zero-order chi connectivity index (χ0) is 8.57. The van der Waals surface area contributed by atoms with Crippen LogP contribution in [0.1, 0.15) is 0 Å². The zero-order valence-electron chi connectivity index (χ0n) is 6.97. The lowest BCUT2D eigenvalue weighted by molar-refractivity contribution is -0.143. The molecule has 0 aliphatic rings. The first-order chi connectivity index (χ1) is 4.54. The van der Waals surface area contributed by atoms with Crippen LogP contribution in [0.5, 0.6) is 0 Å². The van der Waals surface area contributed by atoms with Gasteiger partial charge in [0.15, 0.2) is 0 Å². The molecule has 0 heterocycles. The summed E-state index contributed by atoms with van der Waals surface area (Å²) >= 11 is 0. The molecular formula is C6H15O3Si. The number of carbonyl (C=O) groups is 1. The van der Waals surface area contributed by atoms with Crippen molar-refractivity contribution >= 4 is 14.8 Å². The van der Waals surface area contributed by atoms with Crippen LogP contribution in [0.2, 0.25) is 19.6 Å². The number of carbonyl (C=O) groups excluding carboxylic acids is 1. The second-order valence-electron chi connectivity index (χ2n) is 2.23. The second-order valence-corrected chi connectivity index (χ2v) is 5.23. The molecule has 4 heteroatoms. The molecule has 3 nitrogen and oxygen atoms in total. The van der Waals surface area contributed by atoms with Crippen LogP contribution in [0.25, 0.3) is 0 Å². The van der Waals surface area contributed by atoms with E-state index in [0.29, 0.717) is 0 Å². The highest BCUT2D eigenvalue weighted by atomic mass is 28.3. The Morgan fingerprint density at radius 1 is 1.50 bits per heavy atom. The maximum atomic E-state index is 9.71. The molecular weight excluding hydrogens is 148 g/mol. The fourth-order valence-corrected chi connectivity index (χ4v) is 0.0645. The van der Waals surface area contributed by atoms with Crippen LogP contribution < -0.4 is 0 Å². The van der Waals surface area contributed by atoms with Gasteiger partial charge in [0.05, 0.1) is 7.11 Å². The van der Waals surface area contributed by atoms with Crippen molar-refractivity contribution in [3.8, 4) is 0 Å². The largest absolute Gasteiger partial charge is 0.467 e. The van der Waals surface area contributed by atoms with Gasteiger partial charge < -0.3 is 9.84 Å². The van der Waals surface area contributed by atoms with Crippen molar-refractivity contribution in [2.45, 2.75) is 19.6 Å². The van der Waals surface area contributed by atoms with Gasteiger partial charge in [-0.05, 0) is 0 Å². The average molecular weight is 163 g/mol. The summed E-state index contributed by atoms with van der Waals surface area (Å²) in [7, 11) is 1.34. The van der Waals surface area contributed by atoms with E-state index in [4.69, 9.17) is 5.11 Å². The summed E-state index contributed by atoms with van der Waals surface area (Å²) in [6.45, 7) is 6.27. The quantitative estimate of drug-likeness (QED) is 0.453. The highest BCUT2D eigenvalue weighted by Crippen LogP contribution is 1.68. The van der Waals surface area contributed by atoms with Crippen molar-refractivity contribution in [3.05, 3.63) is 0 Å². The molecule has 0 aromatic rings. The molecule has 0 saturated carbocycles. The number of aliphatic hydroxyl groups is 1. The van der Waals surface area contributed by atoms with Gasteiger partial charge in [0.2, 0.25) is 0 Å². The van der Waals surface area contributed by atoms with E-state index < -0.39 is 12.6 Å². The molecule has 0 saturated heterocycles. The van der Waals surface area contributed by atoms with E-state index in [9.17, 15) is 4.79 Å². The summed E-state index contributed by atoms with van der Waals surface area (Å²) in [6, 6.07) is 0. The van der Waals surface area contributed by atoms with Crippen LogP contribution in [0.3, 0.4) is 0 Å². The van der Waals surface area contributed by atoms with Crippen molar-refractivity contribution in [1.29, 1.82) is 0 Å². The maximum absolute atomic E-state index is 9.71. The fourth-order valence-electron chi connectivity index (χ4n) is 0.0645. The van der Waals surface area contributed by atoms with Gasteiger partial charge in [-0.15, -0.1) is 0 Å². The minimum atomic E-state index is -0.602. The summed E-state index contributed by atoms with van der Waals surface area (Å²) in [6.07, 6.45) is 0. The number of methoxy groups -OCH3 is 1. The first-order valence-electron chi connectivity index (χ1n) is 2.99. The van der Waals surface area contributed by atoms with E-state index in [1.165, 1.54) is 7.11 Å². The number of esters is 1. The van der Waals surface area contributed by atoms with Crippen molar-refractivity contribution in [2.75, 3.05) is 13.7 Å². The van der Waals surface area contributed by atoms with E-state index in [1.54, 1.807) is 0 Å². The van der Waals surface area contributed by atoms with Crippen LogP contribution in [-0.2, 0) is 9.53 Å². The van der Waals surface area contributed by atoms with E-state index in [-0.39, 0.29) is 8.80 Å². The van der Waals surface area contributed by atoms with Gasteiger partial charge in [-0.1, -0.05) is 19.6 Å². The molecule has 1 radical (unpaired) electrons. The van der Waals surface area contributed by atoms with Crippen molar-refractivity contribution in [3.63, 3.8) is 0 Å². The molecule has 0 atom stereocenters. The van der Waals surface area contributed by atoms with E-state index in [0.717, 1.165) is 0 Å². The summed E-state index contributed by atoms with van der Waals surface area (Å²) in [5, 5.41) is 7.86. The third-order valence-corrected chi connectivity index (χ3v) is 0.357. The van der Waals surface area contributed by atoms with E-state index >= 15 is 0 Å². The third-order valence-electron chi connectivity index (χ3n) is 0.357. The highest BCUT2D eigenvalue weighted by Gasteiger charge is 1.89. The molecule has 0 aliphatic carbocycles. The van der Waals surface area contributed by atoms with Gasteiger partial charge in [0.1, 0.15) is 6.61 Å². The first kappa shape index (κ1) is 12.3. The Bertz CT molecular complexity index is 74.3. The Kier molecular flexibility index (Phi) is 10.7. The lowest BCUT2D eigenvalue weighted by Gasteiger charge is -1.86. The summed E-state index contributed by atoms with van der Waals surface area (Å²) in [5.41, 5.74) is 0. The maximum Gasteiger partial charge on any atom is 0.331 e. The zero-order valence-corrected chi connectivity index (χ0v) is 7.97. The summed E-state index contributed by atoms with van der Waals surface area (Å²) < 4.78 is 4.01. The van der Waals surface area contributed by atoms with Gasteiger partial charge in [-0.3, -0.25) is 0 Å².